The van der Waals surface area contributed by atoms with Gasteiger partial charge in [0, 0.05) is 12.8 Å². The second-order valence-corrected chi connectivity index (χ2v) is 3.14. The normalized spacial score (nSPS) is 18.8. The van der Waals surface area contributed by atoms with E-state index < -0.39 is 11.9 Å². The van der Waals surface area contributed by atoms with E-state index in [9.17, 15) is 14.4 Å². The van der Waals surface area contributed by atoms with Crippen LogP contribution in [0, 0.1) is 0 Å². The Bertz CT molecular complexity index is 261. The number of imide groups is 1. The zero-order valence-corrected chi connectivity index (χ0v) is 7.95. The lowest BCUT2D eigenvalue weighted by molar-refractivity contribution is -0.139. The smallest absolute Gasteiger partial charge is 0.236 e. The van der Waals surface area contributed by atoms with Gasteiger partial charge in [-0.15, -0.1) is 0 Å². The molecule has 1 aliphatic heterocycles. The quantitative estimate of drug-likeness (QED) is 0.523. The molecule has 0 spiro atoms. The number of carbonyl (C=O) groups excluding carboxylic acids is 3. The van der Waals surface area contributed by atoms with Gasteiger partial charge in [0.15, 0.2) is 0 Å². The maximum Gasteiger partial charge on any atom is 0.236 e. The average Bonchev–Trinajstić information content (AvgIpc) is 2.43. The van der Waals surface area contributed by atoms with E-state index in [-0.39, 0.29) is 31.2 Å². The van der Waals surface area contributed by atoms with Gasteiger partial charge in [-0.25, -0.2) is 0 Å². The van der Waals surface area contributed by atoms with E-state index >= 15 is 0 Å². The molecule has 3 amide bonds. The van der Waals surface area contributed by atoms with E-state index in [0.717, 1.165) is 4.90 Å². The molecule has 3 N–H and O–H groups in total. The van der Waals surface area contributed by atoms with Crippen LogP contribution in [0.25, 0.3) is 0 Å². The van der Waals surface area contributed by atoms with Gasteiger partial charge in [-0.2, -0.15) is 0 Å². The first kappa shape index (κ1) is 10.6. The van der Waals surface area contributed by atoms with Crippen molar-refractivity contribution >= 4 is 17.7 Å². The van der Waals surface area contributed by atoms with Crippen LogP contribution in [0.1, 0.15) is 12.8 Å². The predicted molar refractivity (Wildman–Crippen MR) is 48.0 cm³/mol. The minimum atomic E-state index is -0.666. The predicted octanol–water partition coefficient (Wildman–Crippen LogP) is -1.79. The summed E-state index contributed by atoms with van der Waals surface area (Å²) in [5.74, 6) is -1.05. The molecule has 14 heavy (non-hydrogen) atoms. The number of rotatable bonds is 4. The fraction of sp³-hybridized carbons (Fsp3) is 0.625. The number of primary amides is 1. The largest absolute Gasteiger partial charge is 0.368 e. The second-order valence-electron chi connectivity index (χ2n) is 3.14. The van der Waals surface area contributed by atoms with Gasteiger partial charge in [0.1, 0.15) is 6.04 Å². The second kappa shape index (κ2) is 4.19. The van der Waals surface area contributed by atoms with Crippen LogP contribution >= 0.6 is 0 Å². The SMILES string of the molecule is CNC(CN1C(=O)CCC1=O)C(N)=O. The lowest BCUT2D eigenvalue weighted by Gasteiger charge is -2.19. The van der Waals surface area contributed by atoms with Crippen LogP contribution in [0.3, 0.4) is 0 Å². The third kappa shape index (κ3) is 2.08. The lowest BCUT2D eigenvalue weighted by atomic mass is 10.2. The third-order valence-corrected chi connectivity index (χ3v) is 2.21. The molecule has 0 aliphatic carbocycles. The highest BCUT2D eigenvalue weighted by atomic mass is 16.2. The first-order valence-electron chi connectivity index (χ1n) is 4.36. The summed E-state index contributed by atoms with van der Waals surface area (Å²) < 4.78 is 0. The van der Waals surface area contributed by atoms with Crippen LogP contribution in [0.5, 0.6) is 0 Å². The summed E-state index contributed by atoms with van der Waals surface area (Å²) in [7, 11) is 1.56. The minimum Gasteiger partial charge on any atom is -0.368 e. The first-order chi connectivity index (χ1) is 6.56. The molecule has 0 aromatic heterocycles. The van der Waals surface area contributed by atoms with E-state index in [4.69, 9.17) is 5.73 Å². The molecular weight excluding hydrogens is 186 g/mol. The van der Waals surface area contributed by atoms with Gasteiger partial charge in [-0.1, -0.05) is 0 Å². The highest BCUT2D eigenvalue weighted by Gasteiger charge is 2.31. The molecule has 0 aromatic rings. The molecule has 6 heteroatoms. The van der Waals surface area contributed by atoms with E-state index in [1.807, 2.05) is 0 Å². The maximum absolute atomic E-state index is 11.2. The van der Waals surface area contributed by atoms with Gasteiger partial charge in [0.2, 0.25) is 17.7 Å². The summed E-state index contributed by atoms with van der Waals surface area (Å²) in [6, 6.07) is -0.666. The Balaban J connectivity index is 2.61. The molecular formula is C8H13N3O3. The highest BCUT2D eigenvalue weighted by Crippen LogP contribution is 2.11. The van der Waals surface area contributed by atoms with Crippen molar-refractivity contribution in [1.29, 1.82) is 0 Å². The average molecular weight is 199 g/mol. The van der Waals surface area contributed by atoms with Gasteiger partial charge < -0.3 is 11.1 Å². The zero-order chi connectivity index (χ0) is 10.7. The molecule has 1 unspecified atom stereocenters. The van der Waals surface area contributed by atoms with Crippen LogP contribution in [-0.4, -0.2) is 42.3 Å². The van der Waals surface area contributed by atoms with Crippen molar-refractivity contribution in [1.82, 2.24) is 10.2 Å². The van der Waals surface area contributed by atoms with Gasteiger partial charge in [-0.05, 0) is 7.05 Å². The topological polar surface area (TPSA) is 92.5 Å². The number of nitrogens with one attached hydrogen (secondary N) is 1. The Hall–Kier alpha value is -1.43. The molecule has 1 heterocycles. The van der Waals surface area contributed by atoms with Crippen molar-refractivity contribution in [2.75, 3.05) is 13.6 Å². The van der Waals surface area contributed by atoms with Crippen LogP contribution in [-0.2, 0) is 14.4 Å². The number of hydrogen-bond acceptors (Lipinski definition) is 4. The fourth-order valence-corrected chi connectivity index (χ4v) is 1.33. The molecule has 0 radical (unpaired) electrons. The Labute approximate surface area is 81.4 Å². The summed E-state index contributed by atoms with van der Waals surface area (Å²) in [4.78, 5) is 34.3. The number of nitrogens with two attached hydrogens (primary N) is 1. The number of amides is 3. The van der Waals surface area contributed by atoms with Crippen LogP contribution in [0.2, 0.25) is 0 Å². The lowest BCUT2D eigenvalue weighted by Crippen LogP contribution is -2.49. The van der Waals surface area contributed by atoms with Crippen molar-refractivity contribution < 1.29 is 14.4 Å². The monoisotopic (exact) mass is 199 g/mol. The molecule has 1 saturated heterocycles. The highest BCUT2D eigenvalue weighted by molar-refractivity contribution is 6.02. The van der Waals surface area contributed by atoms with Crippen molar-refractivity contribution in [2.24, 2.45) is 5.73 Å². The standard InChI is InChI=1S/C8H13N3O3/c1-10-5(8(9)14)4-11-6(12)2-3-7(11)13/h5,10H,2-4H2,1H3,(H2,9,14). The number of nitrogens with zero attached hydrogens (tertiary/aromatic N) is 1. The number of likely N-dealkylation sites (tertiary alicyclic amines) is 1. The molecule has 1 fully saturated rings. The maximum atomic E-state index is 11.2. The summed E-state index contributed by atoms with van der Waals surface area (Å²) in [5.41, 5.74) is 5.07. The number of likely N-dealkylation sites (N-methyl/N-ethyl adjacent to an activating group) is 1. The molecule has 0 saturated carbocycles. The van der Waals surface area contributed by atoms with E-state index in [1.165, 1.54) is 0 Å². The Morgan fingerprint density at radius 3 is 2.36 bits per heavy atom. The van der Waals surface area contributed by atoms with Crippen LogP contribution < -0.4 is 11.1 Å². The summed E-state index contributed by atoms with van der Waals surface area (Å²) >= 11 is 0. The Morgan fingerprint density at radius 1 is 1.50 bits per heavy atom. The molecule has 6 nitrogen and oxygen atoms in total. The molecule has 1 aliphatic rings. The van der Waals surface area contributed by atoms with E-state index in [2.05, 4.69) is 5.32 Å². The molecule has 0 bridgehead atoms. The molecule has 1 rings (SSSR count). The zero-order valence-electron chi connectivity index (χ0n) is 7.95. The fourth-order valence-electron chi connectivity index (χ4n) is 1.33. The van der Waals surface area contributed by atoms with Crippen LogP contribution in [0.15, 0.2) is 0 Å². The van der Waals surface area contributed by atoms with E-state index in [1.54, 1.807) is 7.05 Å². The van der Waals surface area contributed by atoms with Crippen molar-refractivity contribution in [2.45, 2.75) is 18.9 Å². The number of hydrogen-bond donors (Lipinski definition) is 2. The van der Waals surface area contributed by atoms with Crippen molar-refractivity contribution in [3.8, 4) is 0 Å². The first-order valence-corrected chi connectivity index (χ1v) is 4.36. The van der Waals surface area contributed by atoms with Gasteiger partial charge in [0.25, 0.3) is 0 Å². The van der Waals surface area contributed by atoms with Crippen molar-refractivity contribution in [3.05, 3.63) is 0 Å². The van der Waals surface area contributed by atoms with Gasteiger partial charge >= 0.3 is 0 Å². The van der Waals surface area contributed by atoms with Gasteiger partial charge in [-0.3, -0.25) is 19.3 Å². The Morgan fingerprint density at radius 2 is 2.00 bits per heavy atom. The van der Waals surface area contributed by atoms with Crippen LogP contribution in [0.4, 0.5) is 0 Å². The Kier molecular flexibility index (Phi) is 3.19. The molecule has 1 atom stereocenters. The summed E-state index contributed by atoms with van der Waals surface area (Å²) in [5, 5.41) is 2.65. The molecule has 78 valence electrons. The summed E-state index contributed by atoms with van der Waals surface area (Å²) in [6.45, 7) is 0.0312. The van der Waals surface area contributed by atoms with E-state index in [0.29, 0.717) is 0 Å². The van der Waals surface area contributed by atoms with Crippen molar-refractivity contribution in [3.63, 3.8) is 0 Å². The van der Waals surface area contributed by atoms with Gasteiger partial charge in [0.05, 0.1) is 6.54 Å². The minimum absolute atomic E-state index is 0.0312. The summed E-state index contributed by atoms with van der Waals surface area (Å²) in [6.07, 6.45) is 0.460. The molecule has 0 aromatic carbocycles. The number of carbonyl (C=O) groups is 3. The third-order valence-electron chi connectivity index (χ3n) is 2.21.